The van der Waals surface area contributed by atoms with Crippen molar-refractivity contribution in [1.29, 1.82) is 0 Å². The van der Waals surface area contributed by atoms with Gasteiger partial charge in [0.2, 0.25) is 5.90 Å². The monoisotopic (exact) mass is 295 g/mol. The van der Waals surface area contributed by atoms with Crippen LogP contribution in [0.5, 0.6) is 0 Å². The van der Waals surface area contributed by atoms with Crippen molar-refractivity contribution in [2.75, 3.05) is 0 Å². The Kier molecular flexibility index (Phi) is 3.03. The smallest absolute Gasteiger partial charge is 0.363 e. The predicted molar refractivity (Wildman–Crippen MR) is 74.3 cm³/mol. The molecule has 3 nitrogen and oxygen atoms in total. The summed E-state index contributed by atoms with van der Waals surface area (Å²) in [4.78, 5) is 17.6. The van der Waals surface area contributed by atoms with Crippen LogP contribution >= 0.6 is 34.3 Å². The summed E-state index contributed by atoms with van der Waals surface area (Å²) in [5.41, 5.74) is 0.303. The molecule has 0 bridgehead atoms. The van der Waals surface area contributed by atoms with Crippen LogP contribution in [0.1, 0.15) is 9.75 Å². The standard InChI is InChI=1S/C12H6ClNO2S2/c13-10-4-3-7(18-10)6-8-12(15)16-11(14-8)9-2-1-5-17-9/h1-6H/b8-6-. The van der Waals surface area contributed by atoms with E-state index in [-0.39, 0.29) is 0 Å². The van der Waals surface area contributed by atoms with E-state index in [9.17, 15) is 4.79 Å². The van der Waals surface area contributed by atoms with Crippen LogP contribution < -0.4 is 0 Å². The summed E-state index contributed by atoms with van der Waals surface area (Å²) in [5, 5.41) is 1.91. The normalized spacial score (nSPS) is 17.1. The predicted octanol–water partition coefficient (Wildman–Crippen LogP) is 3.81. The molecule has 0 N–H and O–H groups in total. The molecule has 0 aliphatic carbocycles. The number of hydrogen-bond acceptors (Lipinski definition) is 5. The Hall–Kier alpha value is -1.43. The molecule has 0 saturated carbocycles. The van der Waals surface area contributed by atoms with E-state index in [1.54, 1.807) is 12.1 Å². The summed E-state index contributed by atoms with van der Waals surface area (Å²) >= 11 is 8.70. The van der Waals surface area contributed by atoms with Gasteiger partial charge in [-0.15, -0.1) is 22.7 Å². The minimum absolute atomic E-state index is 0.303. The summed E-state index contributed by atoms with van der Waals surface area (Å²) < 4.78 is 5.80. The first-order chi connectivity index (χ1) is 8.72. The van der Waals surface area contributed by atoms with Gasteiger partial charge in [0.1, 0.15) is 0 Å². The number of aliphatic imine (C=N–C) groups is 1. The van der Waals surface area contributed by atoms with Crippen LogP contribution in [-0.2, 0) is 9.53 Å². The van der Waals surface area contributed by atoms with Gasteiger partial charge in [-0.1, -0.05) is 17.7 Å². The summed E-state index contributed by atoms with van der Waals surface area (Å²) in [6.07, 6.45) is 1.68. The number of thiophene rings is 2. The molecule has 0 saturated heterocycles. The lowest BCUT2D eigenvalue weighted by Crippen LogP contribution is -2.03. The number of hydrogen-bond donors (Lipinski definition) is 0. The number of rotatable bonds is 2. The maximum absolute atomic E-state index is 11.7. The fourth-order valence-corrected chi connectivity index (χ4v) is 3.10. The Morgan fingerprint density at radius 2 is 2.22 bits per heavy atom. The Morgan fingerprint density at radius 1 is 1.33 bits per heavy atom. The summed E-state index contributed by atoms with van der Waals surface area (Å²) in [7, 11) is 0. The van der Waals surface area contributed by atoms with E-state index >= 15 is 0 Å². The molecule has 0 atom stereocenters. The Balaban J connectivity index is 1.94. The number of carbonyl (C=O) groups is 1. The van der Waals surface area contributed by atoms with Crippen molar-refractivity contribution < 1.29 is 9.53 Å². The van der Waals surface area contributed by atoms with Crippen molar-refractivity contribution in [2.24, 2.45) is 4.99 Å². The van der Waals surface area contributed by atoms with E-state index in [1.807, 2.05) is 23.6 Å². The second-order valence-electron chi connectivity index (χ2n) is 3.46. The highest BCUT2D eigenvalue weighted by atomic mass is 35.5. The SMILES string of the molecule is O=C1OC(c2cccs2)=N/C1=C\c1ccc(Cl)s1. The van der Waals surface area contributed by atoms with Crippen LogP contribution in [-0.4, -0.2) is 11.9 Å². The van der Waals surface area contributed by atoms with Gasteiger partial charge in [-0.25, -0.2) is 9.79 Å². The summed E-state index contributed by atoms with van der Waals surface area (Å²) in [6, 6.07) is 7.37. The van der Waals surface area contributed by atoms with Gasteiger partial charge in [0.05, 0.1) is 9.21 Å². The molecule has 3 heterocycles. The number of halogens is 1. The van der Waals surface area contributed by atoms with Crippen molar-refractivity contribution in [1.82, 2.24) is 0 Å². The zero-order valence-electron chi connectivity index (χ0n) is 8.92. The van der Waals surface area contributed by atoms with Crippen LogP contribution in [0.4, 0.5) is 0 Å². The molecule has 6 heteroatoms. The molecular formula is C12H6ClNO2S2. The maximum atomic E-state index is 11.7. The molecule has 0 amide bonds. The average Bonchev–Trinajstić information content (AvgIpc) is 3.02. The Labute approximate surface area is 116 Å². The van der Waals surface area contributed by atoms with E-state index in [0.717, 1.165) is 9.75 Å². The van der Waals surface area contributed by atoms with E-state index in [1.165, 1.54) is 22.7 Å². The van der Waals surface area contributed by atoms with Crippen LogP contribution in [0.15, 0.2) is 40.3 Å². The van der Waals surface area contributed by atoms with Crippen LogP contribution in [0.2, 0.25) is 4.34 Å². The molecular weight excluding hydrogens is 290 g/mol. The molecule has 90 valence electrons. The number of nitrogens with zero attached hydrogens (tertiary/aromatic N) is 1. The van der Waals surface area contributed by atoms with E-state index in [0.29, 0.717) is 15.9 Å². The van der Waals surface area contributed by atoms with Crippen molar-refractivity contribution in [3.8, 4) is 0 Å². The van der Waals surface area contributed by atoms with Gasteiger partial charge < -0.3 is 4.74 Å². The minimum atomic E-state index is -0.428. The topological polar surface area (TPSA) is 38.7 Å². The molecule has 0 radical (unpaired) electrons. The maximum Gasteiger partial charge on any atom is 0.363 e. The number of cyclic esters (lactones) is 1. The van der Waals surface area contributed by atoms with Gasteiger partial charge in [-0.2, -0.15) is 0 Å². The Morgan fingerprint density at radius 3 is 2.89 bits per heavy atom. The molecule has 3 rings (SSSR count). The molecule has 0 unspecified atom stereocenters. The highest BCUT2D eigenvalue weighted by Crippen LogP contribution is 2.26. The Bertz CT molecular complexity index is 655. The third-order valence-electron chi connectivity index (χ3n) is 2.23. The molecule has 2 aromatic rings. The lowest BCUT2D eigenvalue weighted by atomic mass is 10.3. The fraction of sp³-hybridized carbons (Fsp3) is 0. The van der Waals surface area contributed by atoms with E-state index < -0.39 is 5.97 Å². The summed E-state index contributed by atoms with van der Waals surface area (Å²) in [5.74, 6) is -0.0631. The molecule has 1 aliphatic heterocycles. The van der Waals surface area contributed by atoms with Gasteiger partial charge in [-0.05, 0) is 29.7 Å². The van der Waals surface area contributed by atoms with Crippen LogP contribution in [0.3, 0.4) is 0 Å². The van der Waals surface area contributed by atoms with Gasteiger partial charge in [0.15, 0.2) is 5.70 Å². The molecule has 0 spiro atoms. The third-order valence-corrected chi connectivity index (χ3v) is 4.26. The first-order valence-electron chi connectivity index (χ1n) is 5.04. The fourth-order valence-electron chi connectivity index (χ4n) is 1.46. The highest BCUT2D eigenvalue weighted by molar-refractivity contribution is 7.17. The lowest BCUT2D eigenvalue weighted by molar-refractivity contribution is -0.129. The van der Waals surface area contributed by atoms with Crippen LogP contribution in [0, 0.1) is 0 Å². The summed E-state index contributed by atoms with van der Waals surface area (Å²) in [6.45, 7) is 0. The van der Waals surface area contributed by atoms with Gasteiger partial charge in [0, 0.05) is 4.88 Å². The first kappa shape index (κ1) is 11.6. The van der Waals surface area contributed by atoms with Crippen molar-refractivity contribution >= 4 is 52.2 Å². The molecule has 1 aliphatic rings. The number of esters is 1. The van der Waals surface area contributed by atoms with E-state index in [4.69, 9.17) is 16.3 Å². The molecule has 18 heavy (non-hydrogen) atoms. The zero-order chi connectivity index (χ0) is 12.5. The van der Waals surface area contributed by atoms with Crippen molar-refractivity contribution in [3.63, 3.8) is 0 Å². The second kappa shape index (κ2) is 4.68. The number of carbonyl (C=O) groups excluding carboxylic acids is 1. The van der Waals surface area contributed by atoms with E-state index in [2.05, 4.69) is 4.99 Å². The molecule has 2 aromatic heterocycles. The zero-order valence-corrected chi connectivity index (χ0v) is 11.3. The highest BCUT2D eigenvalue weighted by Gasteiger charge is 2.24. The minimum Gasteiger partial charge on any atom is -0.401 e. The van der Waals surface area contributed by atoms with Crippen LogP contribution in [0.25, 0.3) is 6.08 Å². The lowest BCUT2D eigenvalue weighted by Gasteiger charge is -1.92. The molecule has 0 aromatic carbocycles. The average molecular weight is 296 g/mol. The van der Waals surface area contributed by atoms with Gasteiger partial charge in [-0.3, -0.25) is 0 Å². The first-order valence-corrected chi connectivity index (χ1v) is 7.11. The van der Waals surface area contributed by atoms with Crippen molar-refractivity contribution in [2.45, 2.75) is 0 Å². The molecule has 0 fully saturated rings. The second-order valence-corrected chi connectivity index (χ2v) is 6.15. The van der Waals surface area contributed by atoms with Gasteiger partial charge in [0.25, 0.3) is 0 Å². The van der Waals surface area contributed by atoms with Crippen molar-refractivity contribution in [3.05, 3.63) is 49.4 Å². The number of ether oxygens (including phenoxy) is 1. The van der Waals surface area contributed by atoms with Gasteiger partial charge >= 0.3 is 5.97 Å². The largest absolute Gasteiger partial charge is 0.401 e. The third kappa shape index (κ3) is 2.25. The quantitative estimate of drug-likeness (QED) is 0.624.